The van der Waals surface area contributed by atoms with Crippen LogP contribution in [0.25, 0.3) is 0 Å². The molecule has 5 unspecified atom stereocenters. The van der Waals surface area contributed by atoms with E-state index in [0.717, 1.165) is 30.4 Å². The molecule has 2 nitrogen and oxygen atoms in total. The standard InChI is InChI=1S/C28H38O2/c1-3-21(2)23-13-16-25(17-14-23)30-28(29-20-19-22-9-5-4-6-10-22)27-18-15-24-11-7-8-12-26(24)27/h4-6,9-10,13-14,16-17,21,24,26-28H,3,7-8,11-12,15,18-20H2,1-2H3. The second-order valence-electron chi connectivity index (χ2n) is 9.42. The van der Waals surface area contributed by atoms with E-state index in [1.807, 2.05) is 0 Å². The van der Waals surface area contributed by atoms with Crippen molar-refractivity contribution in [3.8, 4) is 5.75 Å². The van der Waals surface area contributed by atoms with Crippen LogP contribution in [-0.4, -0.2) is 12.9 Å². The summed E-state index contributed by atoms with van der Waals surface area (Å²) in [6.07, 6.45) is 10.1. The van der Waals surface area contributed by atoms with E-state index >= 15 is 0 Å². The van der Waals surface area contributed by atoms with Crippen LogP contribution in [0.5, 0.6) is 5.75 Å². The van der Waals surface area contributed by atoms with E-state index in [4.69, 9.17) is 9.47 Å². The van der Waals surface area contributed by atoms with Gasteiger partial charge in [-0.15, -0.1) is 0 Å². The quantitative estimate of drug-likeness (QED) is 0.404. The molecule has 0 amide bonds. The van der Waals surface area contributed by atoms with E-state index in [2.05, 4.69) is 68.4 Å². The van der Waals surface area contributed by atoms with Crippen molar-refractivity contribution in [2.45, 2.75) is 77.4 Å². The van der Waals surface area contributed by atoms with Gasteiger partial charge in [0.15, 0.2) is 0 Å². The van der Waals surface area contributed by atoms with Gasteiger partial charge in [0.1, 0.15) is 5.75 Å². The molecule has 2 aromatic rings. The van der Waals surface area contributed by atoms with Crippen LogP contribution in [0.2, 0.25) is 0 Å². The first kappa shape index (κ1) is 21.4. The average Bonchev–Trinajstić information content (AvgIpc) is 3.23. The Morgan fingerprint density at radius 2 is 1.67 bits per heavy atom. The Balaban J connectivity index is 1.43. The molecule has 0 bridgehead atoms. The number of hydrogen-bond acceptors (Lipinski definition) is 2. The van der Waals surface area contributed by atoms with Gasteiger partial charge >= 0.3 is 0 Å². The molecule has 2 aliphatic rings. The van der Waals surface area contributed by atoms with Crippen molar-refractivity contribution >= 4 is 0 Å². The first-order valence-electron chi connectivity index (χ1n) is 12.2. The molecule has 5 atom stereocenters. The van der Waals surface area contributed by atoms with Crippen LogP contribution in [0.4, 0.5) is 0 Å². The van der Waals surface area contributed by atoms with E-state index in [0.29, 0.717) is 18.4 Å². The molecule has 2 fully saturated rings. The van der Waals surface area contributed by atoms with Gasteiger partial charge in [-0.3, -0.25) is 0 Å². The van der Waals surface area contributed by atoms with E-state index in [1.54, 1.807) is 0 Å². The summed E-state index contributed by atoms with van der Waals surface area (Å²) < 4.78 is 13.0. The van der Waals surface area contributed by atoms with E-state index < -0.39 is 0 Å². The molecular weight excluding hydrogens is 368 g/mol. The summed E-state index contributed by atoms with van der Waals surface area (Å²) in [5.74, 6) is 3.74. The normalized spacial score (nSPS) is 25.5. The van der Waals surface area contributed by atoms with E-state index in [-0.39, 0.29) is 6.29 Å². The maximum absolute atomic E-state index is 6.53. The van der Waals surface area contributed by atoms with E-state index in [9.17, 15) is 0 Å². The molecule has 0 saturated heterocycles. The summed E-state index contributed by atoms with van der Waals surface area (Å²) in [5.41, 5.74) is 2.72. The molecule has 2 saturated carbocycles. The zero-order chi connectivity index (χ0) is 20.8. The predicted molar refractivity (Wildman–Crippen MR) is 124 cm³/mol. The SMILES string of the molecule is CCC(C)c1ccc(OC(OCCc2ccccc2)C2CCC3CCCCC32)cc1. The largest absolute Gasteiger partial charge is 0.465 e. The van der Waals surface area contributed by atoms with E-state index in [1.165, 1.54) is 49.7 Å². The maximum atomic E-state index is 6.53. The first-order chi connectivity index (χ1) is 14.7. The summed E-state index contributed by atoms with van der Waals surface area (Å²) >= 11 is 0. The zero-order valence-electron chi connectivity index (χ0n) is 18.8. The fourth-order valence-electron chi connectivity index (χ4n) is 5.54. The summed E-state index contributed by atoms with van der Waals surface area (Å²) in [4.78, 5) is 0. The Morgan fingerprint density at radius 3 is 2.43 bits per heavy atom. The molecule has 2 aromatic carbocycles. The van der Waals surface area contributed by atoms with Gasteiger partial charge in [-0.1, -0.05) is 75.6 Å². The van der Waals surface area contributed by atoms with Crippen molar-refractivity contribution in [2.75, 3.05) is 6.61 Å². The van der Waals surface area contributed by atoms with Crippen molar-refractivity contribution in [3.05, 3.63) is 65.7 Å². The summed E-state index contributed by atoms with van der Waals surface area (Å²) in [6, 6.07) is 19.4. The van der Waals surface area contributed by atoms with Crippen LogP contribution in [0.15, 0.2) is 54.6 Å². The van der Waals surface area contributed by atoms with Crippen LogP contribution in [-0.2, 0) is 11.2 Å². The number of benzene rings is 2. The summed E-state index contributed by atoms with van der Waals surface area (Å²) in [5, 5.41) is 0. The monoisotopic (exact) mass is 406 g/mol. The third kappa shape index (κ3) is 5.27. The molecule has 0 radical (unpaired) electrons. The van der Waals surface area contributed by atoms with Crippen molar-refractivity contribution in [1.82, 2.24) is 0 Å². The minimum Gasteiger partial charge on any atom is -0.465 e. The third-order valence-electron chi connectivity index (χ3n) is 7.57. The Hall–Kier alpha value is -1.80. The van der Waals surface area contributed by atoms with Crippen LogP contribution < -0.4 is 4.74 Å². The second kappa shape index (κ2) is 10.5. The molecule has 0 heterocycles. The maximum Gasteiger partial charge on any atom is 0.202 e. The van der Waals surface area contributed by atoms with Gasteiger partial charge in [0.05, 0.1) is 6.61 Å². The highest BCUT2D eigenvalue weighted by Crippen LogP contribution is 2.48. The molecule has 4 rings (SSSR count). The van der Waals surface area contributed by atoms with Crippen LogP contribution >= 0.6 is 0 Å². The lowest BCUT2D eigenvalue weighted by molar-refractivity contribution is -0.127. The molecule has 0 N–H and O–H groups in total. The minimum absolute atomic E-state index is 0.128. The molecule has 0 aromatic heterocycles. The van der Waals surface area contributed by atoms with Crippen molar-refractivity contribution < 1.29 is 9.47 Å². The van der Waals surface area contributed by atoms with Crippen molar-refractivity contribution in [1.29, 1.82) is 0 Å². The fourth-order valence-corrected chi connectivity index (χ4v) is 5.54. The Labute approximate surface area is 183 Å². The Morgan fingerprint density at radius 1 is 0.900 bits per heavy atom. The number of rotatable bonds is 9. The van der Waals surface area contributed by atoms with Crippen molar-refractivity contribution in [3.63, 3.8) is 0 Å². The number of fused-ring (bicyclic) bond motifs is 1. The highest BCUT2D eigenvalue weighted by Gasteiger charge is 2.42. The summed E-state index contributed by atoms with van der Waals surface area (Å²) in [7, 11) is 0. The zero-order valence-corrected chi connectivity index (χ0v) is 18.8. The van der Waals surface area contributed by atoms with Gasteiger partial charge in [0.2, 0.25) is 6.29 Å². The smallest absolute Gasteiger partial charge is 0.202 e. The highest BCUT2D eigenvalue weighted by molar-refractivity contribution is 5.29. The highest BCUT2D eigenvalue weighted by atomic mass is 16.7. The van der Waals surface area contributed by atoms with Crippen LogP contribution in [0.1, 0.15) is 75.8 Å². The lowest BCUT2D eigenvalue weighted by atomic mass is 9.78. The molecular formula is C28H38O2. The molecule has 162 valence electrons. The van der Waals surface area contributed by atoms with Gasteiger partial charge in [-0.25, -0.2) is 0 Å². The van der Waals surface area contributed by atoms with Gasteiger partial charge < -0.3 is 9.47 Å². The fraction of sp³-hybridized carbons (Fsp3) is 0.571. The Bertz CT molecular complexity index is 754. The molecule has 0 aliphatic heterocycles. The molecule has 30 heavy (non-hydrogen) atoms. The minimum atomic E-state index is -0.128. The topological polar surface area (TPSA) is 18.5 Å². The van der Waals surface area contributed by atoms with Crippen LogP contribution in [0.3, 0.4) is 0 Å². The summed E-state index contributed by atoms with van der Waals surface area (Å²) in [6.45, 7) is 5.24. The molecule has 2 heteroatoms. The molecule has 2 aliphatic carbocycles. The third-order valence-corrected chi connectivity index (χ3v) is 7.57. The number of ether oxygens (including phenoxy) is 2. The van der Waals surface area contributed by atoms with Crippen LogP contribution in [0, 0.1) is 17.8 Å². The lowest BCUT2D eigenvalue weighted by Crippen LogP contribution is -2.35. The van der Waals surface area contributed by atoms with Crippen molar-refractivity contribution in [2.24, 2.45) is 17.8 Å². The predicted octanol–water partition coefficient (Wildman–Crippen LogP) is 7.38. The number of hydrogen-bond donors (Lipinski definition) is 0. The Kier molecular flexibility index (Phi) is 7.49. The first-order valence-corrected chi connectivity index (χ1v) is 12.2. The van der Waals surface area contributed by atoms with Gasteiger partial charge in [0, 0.05) is 5.92 Å². The van der Waals surface area contributed by atoms with Gasteiger partial charge in [-0.05, 0) is 73.1 Å². The van der Waals surface area contributed by atoms with Gasteiger partial charge in [-0.2, -0.15) is 0 Å². The average molecular weight is 407 g/mol. The van der Waals surface area contributed by atoms with Gasteiger partial charge in [0.25, 0.3) is 0 Å². The molecule has 0 spiro atoms. The lowest BCUT2D eigenvalue weighted by Gasteiger charge is -2.33. The second-order valence-corrected chi connectivity index (χ2v) is 9.42.